The van der Waals surface area contributed by atoms with Gasteiger partial charge < -0.3 is 10.2 Å². The van der Waals surface area contributed by atoms with E-state index in [1.54, 1.807) is 48.5 Å². The molecule has 0 fully saturated rings. The second-order valence-corrected chi connectivity index (χ2v) is 5.96. The molecule has 2 N–H and O–H groups in total. The number of nitrogen functional groups attached to an aromatic ring is 1. The van der Waals surface area contributed by atoms with Crippen LogP contribution in [0, 0.1) is 0 Å². The Hall–Kier alpha value is -2.49. The maximum absolute atomic E-state index is 12.1. The van der Waals surface area contributed by atoms with Gasteiger partial charge in [-0.1, -0.05) is 23.2 Å². The summed E-state index contributed by atoms with van der Waals surface area (Å²) >= 11 is 11.9. The lowest BCUT2D eigenvalue weighted by Crippen LogP contribution is -1.94. The van der Waals surface area contributed by atoms with Crippen LogP contribution >= 0.6 is 23.2 Å². The summed E-state index contributed by atoms with van der Waals surface area (Å²) in [5.41, 5.74) is 7.61. The van der Waals surface area contributed by atoms with Crippen LogP contribution in [-0.4, -0.2) is 5.78 Å². The molecule has 0 bridgehead atoms. The summed E-state index contributed by atoms with van der Waals surface area (Å²) in [5.74, 6) is 1.09. The van der Waals surface area contributed by atoms with Crippen molar-refractivity contribution in [1.82, 2.24) is 0 Å². The van der Waals surface area contributed by atoms with Gasteiger partial charge in [0.05, 0.1) is 10.0 Å². The van der Waals surface area contributed by atoms with Gasteiger partial charge in [-0.2, -0.15) is 0 Å². The average molecular weight is 358 g/mol. The van der Waals surface area contributed by atoms with Crippen LogP contribution in [0.1, 0.15) is 16.1 Å². The highest BCUT2D eigenvalue weighted by Gasteiger charge is 2.07. The lowest BCUT2D eigenvalue weighted by molar-refractivity contribution is 0.104. The minimum absolute atomic E-state index is 0.123. The number of carbonyl (C=O) groups is 1. The van der Waals surface area contributed by atoms with Gasteiger partial charge in [0.1, 0.15) is 11.5 Å². The minimum Gasteiger partial charge on any atom is -0.457 e. The van der Waals surface area contributed by atoms with Gasteiger partial charge in [-0.3, -0.25) is 4.79 Å². The van der Waals surface area contributed by atoms with Gasteiger partial charge >= 0.3 is 0 Å². The molecular formula is C19H13Cl2NO2. The van der Waals surface area contributed by atoms with E-state index in [1.807, 2.05) is 12.1 Å². The molecule has 5 heteroatoms. The monoisotopic (exact) mass is 357 g/mol. The molecular weight excluding hydrogens is 345 g/mol. The molecule has 0 saturated carbocycles. The lowest BCUT2D eigenvalue weighted by Gasteiger charge is -1.99. The zero-order valence-electron chi connectivity index (χ0n) is 12.5. The molecule has 3 rings (SSSR count). The van der Waals surface area contributed by atoms with E-state index in [0.29, 0.717) is 32.8 Å². The van der Waals surface area contributed by atoms with Crippen LogP contribution < -0.4 is 5.73 Å². The SMILES string of the molecule is Nc1ccc(C(=O)/C=C/c2ccc(-c3ccc(Cl)c(Cl)c3)o2)cc1. The molecule has 0 spiro atoms. The number of hydrogen-bond acceptors (Lipinski definition) is 3. The number of halogens is 2. The van der Waals surface area contributed by atoms with Crippen LogP contribution in [0.5, 0.6) is 0 Å². The van der Waals surface area contributed by atoms with E-state index < -0.39 is 0 Å². The van der Waals surface area contributed by atoms with E-state index in [4.69, 9.17) is 33.4 Å². The molecule has 120 valence electrons. The number of hydrogen-bond donors (Lipinski definition) is 1. The second-order valence-electron chi connectivity index (χ2n) is 5.15. The first-order valence-electron chi connectivity index (χ1n) is 7.16. The van der Waals surface area contributed by atoms with Crippen molar-refractivity contribution in [3.05, 3.63) is 82.0 Å². The van der Waals surface area contributed by atoms with Gasteiger partial charge in [0.25, 0.3) is 0 Å². The minimum atomic E-state index is -0.123. The summed E-state index contributed by atoms with van der Waals surface area (Å²) < 4.78 is 5.71. The van der Waals surface area contributed by atoms with Crippen molar-refractivity contribution in [2.24, 2.45) is 0 Å². The quantitative estimate of drug-likeness (QED) is 0.368. The highest BCUT2D eigenvalue weighted by molar-refractivity contribution is 6.42. The molecule has 0 aliphatic heterocycles. The number of allylic oxidation sites excluding steroid dienone is 1. The lowest BCUT2D eigenvalue weighted by atomic mass is 10.1. The van der Waals surface area contributed by atoms with Crippen molar-refractivity contribution in [3.8, 4) is 11.3 Å². The Morgan fingerprint density at radius 2 is 1.71 bits per heavy atom. The summed E-state index contributed by atoms with van der Waals surface area (Å²) in [7, 11) is 0. The Kier molecular flexibility index (Phi) is 4.74. The van der Waals surface area contributed by atoms with Crippen molar-refractivity contribution in [2.75, 3.05) is 5.73 Å². The maximum Gasteiger partial charge on any atom is 0.185 e. The van der Waals surface area contributed by atoms with Crippen molar-refractivity contribution in [1.29, 1.82) is 0 Å². The molecule has 0 saturated heterocycles. The van der Waals surface area contributed by atoms with Crippen molar-refractivity contribution in [3.63, 3.8) is 0 Å². The van der Waals surface area contributed by atoms with Crippen molar-refractivity contribution < 1.29 is 9.21 Å². The van der Waals surface area contributed by atoms with E-state index in [1.165, 1.54) is 6.08 Å². The Bertz CT molecular complexity index is 911. The summed E-state index contributed by atoms with van der Waals surface area (Å²) in [6, 6.07) is 15.6. The largest absolute Gasteiger partial charge is 0.457 e. The number of anilines is 1. The van der Waals surface area contributed by atoms with Crippen LogP contribution in [0.4, 0.5) is 5.69 Å². The third-order valence-corrected chi connectivity index (χ3v) is 4.16. The number of rotatable bonds is 4. The number of furan rings is 1. The van der Waals surface area contributed by atoms with Crippen molar-refractivity contribution >= 4 is 40.7 Å². The van der Waals surface area contributed by atoms with E-state index in [0.717, 1.165) is 5.56 Å². The number of ketones is 1. The van der Waals surface area contributed by atoms with Gasteiger partial charge in [-0.15, -0.1) is 0 Å². The molecule has 0 radical (unpaired) electrons. The summed E-state index contributed by atoms with van der Waals surface area (Å²) in [6.45, 7) is 0. The summed E-state index contributed by atoms with van der Waals surface area (Å²) in [4.78, 5) is 12.1. The maximum atomic E-state index is 12.1. The van der Waals surface area contributed by atoms with Crippen LogP contribution in [-0.2, 0) is 0 Å². The van der Waals surface area contributed by atoms with Gasteiger partial charge in [-0.25, -0.2) is 0 Å². The number of benzene rings is 2. The molecule has 24 heavy (non-hydrogen) atoms. The highest BCUT2D eigenvalue weighted by atomic mass is 35.5. The third-order valence-electron chi connectivity index (χ3n) is 3.43. The zero-order chi connectivity index (χ0) is 17.1. The predicted molar refractivity (Wildman–Crippen MR) is 98.4 cm³/mol. The van der Waals surface area contributed by atoms with Gasteiger partial charge in [0.15, 0.2) is 5.78 Å². The average Bonchev–Trinajstić information content (AvgIpc) is 3.05. The fraction of sp³-hybridized carbons (Fsp3) is 0. The zero-order valence-corrected chi connectivity index (χ0v) is 14.0. The molecule has 3 aromatic rings. The first-order chi connectivity index (χ1) is 11.5. The number of carbonyl (C=O) groups excluding carboxylic acids is 1. The Morgan fingerprint density at radius 1 is 0.958 bits per heavy atom. The second kappa shape index (κ2) is 6.95. The molecule has 0 aliphatic carbocycles. The smallest absolute Gasteiger partial charge is 0.185 e. The van der Waals surface area contributed by atoms with Gasteiger partial charge in [-0.05, 0) is 66.7 Å². The van der Waals surface area contributed by atoms with Crippen LogP contribution in [0.25, 0.3) is 17.4 Å². The molecule has 0 aliphatic rings. The molecule has 1 heterocycles. The molecule has 2 aromatic carbocycles. The Labute approximate surface area is 149 Å². The topological polar surface area (TPSA) is 56.2 Å². The Morgan fingerprint density at radius 3 is 2.42 bits per heavy atom. The summed E-state index contributed by atoms with van der Waals surface area (Å²) in [5, 5.41) is 0.947. The van der Waals surface area contributed by atoms with E-state index in [2.05, 4.69) is 0 Å². The molecule has 0 amide bonds. The Balaban J connectivity index is 1.77. The van der Waals surface area contributed by atoms with E-state index in [-0.39, 0.29) is 5.78 Å². The first kappa shape index (κ1) is 16.4. The molecule has 0 unspecified atom stereocenters. The standard InChI is InChI=1S/C19H13Cl2NO2/c20-16-8-3-13(11-17(16)21)19-10-7-15(24-19)6-9-18(23)12-1-4-14(22)5-2-12/h1-11H,22H2/b9-6+. The molecule has 1 aromatic heterocycles. The van der Waals surface area contributed by atoms with Gasteiger partial charge in [0.2, 0.25) is 0 Å². The molecule has 0 atom stereocenters. The van der Waals surface area contributed by atoms with Gasteiger partial charge in [0, 0.05) is 16.8 Å². The van der Waals surface area contributed by atoms with Crippen LogP contribution in [0.3, 0.4) is 0 Å². The normalized spacial score (nSPS) is 11.1. The van der Waals surface area contributed by atoms with Crippen LogP contribution in [0.2, 0.25) is 10.0 Å². The van der Waals surface area contributed by atoms with Crippen LogP contribution in [0.15, 0.2) is 65.1 Å². The number of nitrogens with two attached hydrogens (primary N) is 1. The fourth-order valence-electron chi connectivity index (χ4n) is 2.15. The fourth-order valence-corrected chi connectivity index (χ4v) is 2.45. The molecule has 3 nitrogen and oxygen atoms in total. The third kappa shape index (κ3) is 3.70. The van der Waals surface area contributed by atoms with E-state index in [9.17, 15) is 4.79 Å². The van der Waals surface area contributed by atoms with Crippen molar-refractivity contribution in [2.45, 2.75) is 0 Å². The first-order valence-corrected chi connectivity index (χ1v) is 7.92. The highest BCUT2D eigenvalue weighted by Crippen LogP contribution is 2.29. The predicted octanol–water partition coefficient (Wildman–Crippen LogP) is 5.73. The summed E-state index contributed by atoms with van der Waals surface area (Å²) in [6.07, 6.45) is 3.09. The van der Waals surface area contributed by atoms with E-state index >= 15 is 0 Å².